The van der Waals surface area contributed by atoms with E-state index in [1.165, 1.54) is 32.1 Å². The van der Waals surface area contributed by atoms with Crippen molar-refractivity contribution in [1.82, 2.24) is 0 Å². The fraction of sp³-hybridized carbons (Fsp3) is 0.750. The molecule has 29 heavy (non-hydrogen) atoms. The summed E-state index contributed by atoms with van der Waals surface area (Å²) in [6.45, 7) is 8.58. The summed E-state index contributed by atoms with van der Waals surface area (Å²) >= 11 is 0. The molecule has 2 N–H and O–H groups in total. The molecule has 2 atom stereocenters. The molecule has 0 aliphatic heterocycles. The van der Waals surface area contributed by atoms with E-state index in [9.17, 15) is 10.2 Å². The summed E-state index contributed by atoms with van der Waals surface area (Å²) < 4.78 is 17.0. The maximum absolute atomic E-state index is 10.9. The molecule has 1 aromatic carbocycles. The Bertz CT molecular complexity index is 662. The van der Waals surface area contributed by atoms with Gasteiger partial charge in [-0.2, -0.15) is 0 Å². The molecule has 1 aliphatic carbocycles. The third kappa shape index (κ3) is 5.87. The fourth-order valence-corrected chi connectivity index (χ4v) is 4.46. The second-order valence-electron chi connectivity index (χ2n) is 8.83. The minimum Gasteiger partial charge on any atom is -0.496 e. The van der Waals surface area contributed by atoms with Gasteiger partial charge in [0, 0.05) is 12.2 Å². The second kappa shape index (κ2) is 10.6. The van der Waals surface area contributed by atoms with Crippen LogP contribution in [0.15, 0.2) is 0 Å². The Morgan fingerprint density at radius 3 is 2.14 bits per heavy atom. The molecule has 5 nitrogen and oxygen atoms in total. The molecule has 1 saturated carbocycles. The summed E-state index contributed by atoms with van der Waals surface area (Å²) in [5.41, 5.74) is 2.90. The average molecular weight is 409 g/mol. The molecule has 0 bridgehead atoms. The quantitative estimate of drug-likeness (QED) is 0.605. The smallest absolute Gasteiger partial charge is 0.125 e. The van der Waals surface area contributed by atoms with Gasteiger partial charge < -0.3 is 24.4 Å². The minimum atomic E-state index is -1.24. The van der Waals surface area contributed by atoms with Crippen LogP contribution in [-0.4, -0.2) is 49.4 Å². The molecule has 1 fully saturated rings. The summed E-state index contributed by atoms with van der Waals surface area (Å²) in [4.78, 5) is 0. The summed E-state index contributed by atoms with van der Waals surface area (Å²) in [7, 11) is 3.35. The molecule has 1 aliphatic rings. The van der Waals surface area contributed by atoms with Crippen LogP contribution in [-0.2, 0) is 11.2 Å². The monoisotopic (exact) mass is 408 g/mol. The van der Waals surface area contributed by atoms with Gasteiger partial charge in [0.05, 0.1) is 26.4 Å². The number of aliphatic hydroxyl groups excluding tert-OH is 1. The highest BCUT2D eigenvalue weighted by Gasteiger charge is 2.32. The molecule has 0 saturated heterocycles. The van der Waals surface area contributed by atoms with E-state index in [-0.39, 0.29) is 6.61 Å². The van der Waals surface area contributed by atoms with Gasteiger partial charge in [0.15, 0.2) is 0 Å². The summed E-state index contributed by atoms with van der Waals surface area (Å²) in [6.07, 6.45) is 6.35. The van der Waals surface area contributed by atoms with Crippen molar-refractivity contribution in [1.29, 1.82) is 0 Å². The molecule has 0 radical (unpaired) electrons. The van der Waals surface area contributed by atoms with Gasteiger partial charge >= 0.3 is 0 Å². The lowest BCUT2D eigenvalue weighted by Gasteiger charge is -2.31. The van der Waals surface area contributed by atoms with Crippen molar-refractivity contribution in [2.45, 2.75) is 84.3 Å². The number of aliphatic hydroxyl groups is 2. The first-order valence-corrected chi connectivity index (χ1v) is 10.9. The number of benzene rings is 1. The van der Waals surface area contributed by atoms with Crippen molar-refractivity contribution >= 4 is 0 Å². The fourth-order valence-electron chi connectivity index (χ4n) is 4.46. The lowest BCUT2D eigenvalue weighted by atomic mass is 9.88. The predicted octanol–water partition coefficient (Wildman–Crippen LogP) is 4.27. The first kappa shape index (κ1) is 24.0. The molecule has 5 heteroatoms. The number of hydrogen-bond donors (Lipinski definition) is 2. The predicted molar refractivity (Wildman–Crippen MR) is 116 cm³/mol. The third-order valence-electron chi connectivity index (χ3n) is 6.67. The average Bonchev–Trinajstić information content (AvgIpc) is 2.70. The van der Waals surface area contributed by atoms with Gasteiger partial charge in [-0.3, -0.25) is 0 Å². The maximum atomic E-state index is 10.9. The van der Waals surface area contributed by atoms with Gasteiger partial charge in [-0.05, 0) is 76.0 Å². The van der Waals surface area contributed by atoms with Gasteiger partial charge in [-0.1, -0.05) is 19.3 Å². The molecule has 2 rings (SSSR count). The van der Waals surface area contributed by atoms with Crippen LogP contribution < -0.4 is 9.47 Å². The zero-order chi connectivity index (χ0) is 21.6. The van der Waals surface area contributed by atoms with Crippen LogP contribution in [0.5, 0.6) is 11.5 Å². The zero-order valence-corrected chi connectivity index (χ0v) is 19.1. The van der Waals surface area contributed by atoms with E-state index >= 15 is 0 Å². The van der Waals surface area contributed by atoms with Gasteiger partial charge in [0.2, 0.25) is 0 Å². The van der Waals surface area contributed by atoms with Crippen LogP contribution in [0.25, 0.3) is 0 Å². The van der Waals surface area contributed by atoms with Crippen molar-refractivity contribution in [2.24, 2.45) is 5.92 Å². The third-order valence-corrected chi connectivity index (χ3v) is 6.67. The summed E-state index contributed by atoms with van der Waals surface area (Å²) in [6, 6.07) is 0. The Morgan fingerprint density at radius 1 is 0.966 bits per heavy atom. The van der Waals surface area contributed by atoms with E-state index in [2.05, 4.69) is 0 Å². The Kier molecular flexibility index (Phi) is 8.80. The van der Waals surface area contributed by atoms with Crippen molar-refractivity contribution in [3.05, 3.63) is 22.3 Å². The van der Waals surface area contributed by atoms with E-state index in [0.29, 0.717) is 25.4 Å². The Labute approximate surface area is 176 Å². The van der Waals surface area contributed by atoms with E-state index in [0.717, 1.165) is 33.8 Å². The second-order valence-corrected chi connectivity index (χ2v) is 8.83. The normalized spacial score (nSPS) is 18.3. The van der Waals surface area contributed by atoms with Crippen LogP contribution in [0.1, 0.15) is 67.7 Å². The molecule has 166 valence electrons. The van der Waals surface area contributed by atoms with Crippen LogP contribution in [0, 0.1) is 26.7 Å². The van der Waals surface area contributed by atoms with Crippen LogP contribution in [0.3, 0.4) is 0 Å². The van der Waals surface area contributed by atoms with Crippen LogP contribution in [0.4, 0.5) is 0 Å². The lowest BCUT2D eigenvalue weighted by Crippen LogP contribution is -2.43. The van der Waals surface area contributed by atoms with Crippen molar-refractivity contribution < 1.29 is 24.4 Å². The molecule has 0 heterocycles. The molecule has 0 unspecified atom stereocenters. The van der Waals surface area contributed by atoms with E-state index in [1.54, 1.807) is 21.1 Å². The van der Waals surface area contributed by atoms with Crippen molar-refractivity contribution in [2.75, 3.05) is 27.4 Å². The highest BCUT2D eigenvalue weighted by Crippen LogP contribution is 2.39. The van der Waals surface area contributed by atoms with Crippen molar-refractivity contribution in [3.63, 3.8) is 0 Å². The zero-order valence-electron chi connectivity index (χ0n) is 19.1. The standard InChI is InChI=1S/C24H40O5/c1-16-17(2)23(28-6)20(18(3)22(16)27-5)12-13-24(4,26)21(25)15-29-14-19-10-8-7-9-11-19/h19,21,25-26H,7-15H2,1-6H3/t21-,24-/m0/s1. The van der Waals surface area contributed by atoms with Gasteiger partial charge in [0.1, 0.15) is 17.6 Å². The lowest BCUT2D eigenvalue weighted by molar-refractivity contribution is -0.104. The first-order valence-electron chi connectivity index (χ1n) is 10.9. The van der Waals surface area contributed by atoms with Crippen LogP contribution >= 0.6 is 0 Å². The van der Waals surface area contributed by atoms with E-state index in [4.69, 9.17) is 14.2 Å². The van der Waals surface area contributed by atoms with Gasteiger partial charge in [-0.15, -0.1) is 0 Å². The number of rotatable bonds is 10. The summed E-state index contributed by atoms with van der Waals surface area (Å²) in [5.74, 6) is 2.28. The molecular formula is C24H40O5. The largest absolute Gasteiger partial charge is 0.496 e. The van der Waals surface area contributed by atoms with Gasteiger partial charge in [-0.25, -0.2) is 0 Å². The Balaban J connectivity index is 2.00. The molecule has 0 amide bonds. The minimum absolute atomic E-state index is 0.163. The molecular weight excluding hydrogens is 368 g/mol. The Hall–Kier alpha value is -1.30. The van der Waals surface area contributed by atoms with E-state index in [1.807, 2.05) is 20.8 Å². The van der Waals surface area contributed by atoms with Crippen molar-refractivity contribution in [3.8, 4) is 11.5 Å². The number of ether oxygens (including phenoxy) is 3. The SMILES string of the molecule is COc1c(C)c(C)c(OC)c(CC[C@](C)(O)[C@@H](O)COCC2CCCCC2)c1C. The highest BCUT2D eigenvalue weighted by atomic mass is 16.5. The molecule has 0 aromatic heterocycles. The van der Waals surface area contributed by atoms with E-state index < -0.39 is 11.7 Å². The van der Waals surface area contributed by atoms with Gasteiger partial charge in [0.25, 0.3) is 0 Å². The Morgan fingerprint density at radius 2 is 1.55 bits per heavy atom. The topological polar surface area (TPSA) is 68.2 Å². The molecule has 0 spiro atoms. The maximum Gasteiger partial charge on any atom is 0.125 e. The highest BCUT2D eigenvalue weighted by molar-refractivity contribution is 5.58. The van der Waals surface area contributed by atoms with Crippen LogP contribution in [0.2, 0.25) is 0 Å². The first-order chi connectivity index (χ1) is 13.7. The number of hydrogen-bond acceptors (Lipinski definition) is 5. The number of methoxy groups -OCH3 is 2. The molecule has 1 aromatic rings. The summed E-state index contributed by atoms with van der Waals surface area (Å²) in [5, 5.41) is 21.4.